The first kappa shape index (κ1) is 13.8. The van der Waals surface area contributed by atoms with Gasteiger partial charge in [-0.3, -0.25) is 9.00 Å². The van der Waals surface area contributed by atoms with Crippen LogP contribution in [-0.2, 0) is 15.6 Å². The van der Waals surface area contributed by atoms with Gasteiger partial charge >= 0.3 is 0 Å². The van der Waals surface area contributed by atoms with Gasteiger partial charge in [0.1, 0.15) is 11.8 Å². The maximum Gasteiger partial charge on any atom is 0.237 e. The van der Waals surface area contributed by atoms with E-state index in [1.54, 1.807) is 24.3 Å². The number of anilines is 1. The Balaban J connectivity index is 1.94. The molecule has 0 aliphatic heterocycles. The molecule has 0 spiro atoms. The molecule has 0 saturated heterocycles. The first-order chi connectivity index (χ1) is 9.20. The molecule has 1 aliphatic carbocycles. The van der Waals surface area contributed by atoms with Crippen molar-refractivity contribution < 1.29 is 9.00 Å². The van der Waals surface area contributed by atoms with Crippen molar-refractivity contribution in [2.24, 2.45) is 0 Å². The second-order valence-electron chi connectivity index (χ2n) is 4.64. The van der Waals surface area contributed by atoms with Crippen LogP contribution in [-0.4, -0.2) is 21.1 Å². The van der Waals surface area contributed by atoms with Gasteiger partial charge in [0.15, 0.2) is 0 Å². The van der Waals surface area contributed by atoms with Crippen molar-refractivity contribution in [2.75, 3.05) is 11.1 Å². The van der Waals surface area contributed by atoms with Crippen LogP contribution in [0.5, 0.6) is 0 Å². The second-order valence-corrected chi connectivity index (χ2v) is 6.35. The maximum absolute atomic E-state index is 12.0. The van der Waals surface area contributed by atoms with E-state index in [-0.39, 0.29) is 16.9 Å². The highest BCUT2D eigenvalue weighted by Crippen LogP contribution is 2.23. The summed E-state index contributed by atoms with van der Waals surface area (Å²) in [6.07, 6.45) is 4.12. The van der Waals surface area contributed by atoms with Gasteiger partial charge in [-0.2, -0.15) is 5.26 Å². The molecular weight excluding hydrogens is 260 g/mol. The van der Waals surface area contributed by atoms with E-state index in [0.717, 1.165) is 25.7 Å². The van der Waals surface area contributed by atoms with Crippen molar-refractivity contribution in [3.8, 4) is 6.07 Å². The van der Waals surface area contributed by atoms with Crippen molar-refractivity contribution in [3.63, 3.8) is 0 Å². The summed E-state index contributed by atoms with van der Waals surface area (Å²) < 4.78 is 12.0. The predicted molar refractivity (Wildman–Crippen MR) is 75.1 cm³/mol. The standard InChI is InChI=1S/C14H16N2O2S/c15-9-11-5-1-4-8-13(11)16-14(17)10-19(18)12-6-2-3-7-12/h1,4-5,8,12H,2-3,6-7,10H2,(H,16,17). The molecule has 1 amide bonds. The number of carbonyl (C=O) groups excluding carboxylic acids is 1. The van der Waals surface area contributed by atoms with E-state index < -0.39 is 10.8 Å². The van der Waals surface area contributed by atoms with Crippen LogP contribution in [0.1, 0.15) is 31.2 Å². The summed E-state index contributed by atoms with van der Waals surface area (Å²) in [4.78, 5) is 11.8. The number of hydrogen-bond acceptors (Lipinski definition) is 3. The Morgan fingerprint density at radius 2 is 2.05 bits per heavy atom. The second kappa shape index (κ2) is 6.48. The van der Waals surface area contributed by atoms with Crippen molar-refractivity contribution in [1.29, 1.82) is 5.26 Å². The van der Waals surface area contributed by atoms with Gasteiger partial charge in [-0.25, -0.2) is 0 Å². The number of rotatable bonds is 4. The summed E-state index contributed by atoms with van der Waals surface area (Å²) in [6, 6.07) is 8.83. The van der Waals surface area contributed by atoms with Gasteiger partial charge in [-0.1, -0.05) is 25.0 Å². The Hall–Kier alpha value is -1.67. The molecule has 0 aromatic heterocycles. The third-order valence-corrected chi connectivity index (χ3v) is 5.03. The molecule has 1 fully saturated rings. The van der Waals surface area contributed by atoms with E-state index in [2.05, 4.69) is 5.32 Å². The fourth-order valence-electron chi connectivity index (χ4n) is 2.27. The van der Waals surface area contributed by atoms with Crippen molar-refractivity contribution in [2.45, 2.75) is 30.9 Å². The van der Waals surface area contributed by atoms with Crippen LogP contribution in [0.2, 0.25) is 0 Å². The lowest BCUT2D eigenvalue weighted by Gasteiger charge is -2.10. The summed E-state index contributed by atoms with van der Waals surface area (Å²) in [5, 5.41) is 11.7. The van der Waals surface area contributed by atoms with Crippen molar-refractivity contribution in [1.82, 2.24) is 0 Å². The number of amides is 1. The van der Waals surface area contributed by atoms with E-state index >= 15 is 0 Å². The predicted octanol–water partition coefficient (Wildman–Crippen LogP) is 2.19. The number of nitrogens with one attached hydrogen (secondary N) is 1. The highest BCUT2D eigenvalue weighted by atomic mass is 32.2. The molecule has 5 heteroatoms. The minimum Gasteiger partial charge on any atom is -0.324 e. The summed E-state index contributed by atoms with van der Waals surface area (Å²) in [5.41, 5.74) is 0.904. The lowest BCUT2D eigenvalue weighted by molar-refractivity contribution is -0.113. The molecule has 1 aromatic carbocycles. The van der Waals surface area contributed by atoms with Gasteiger partial charge < -0.3 is 5.32 Å². The molecule has 2 rings (SSSR count). The zero-order chi connectivity index (χ0) is 13.7. The minimum absolute atomic E-state index is 0.0183. The molecule has 1 atom stereocenters. The molecule has 19 heavy (non-hydrogen) atoms. The molecule has 4 nitrogen and oxygen atoms in total. The van der Waals surface area contributed by atoms with Crippen LogP contribution in [0.15, 0.2) is 24.3 Å². The van der Waals surface area contributed by atoms with Gasteiger partial charge in [0.2, 0.25) is 5.91 Å². The Morgan fingerprint density at radius 3 is 2.74 bits per heavy atom. The average molecular weight is 276 g/mol. The largest absolute Gasteiger partial charge is 0.324 e. The van der Waals surface area contributed by atoms with Crippen LogP contribution in [0.3, 0.4) is 0 Å². The fourth-order valence-corrected chi connectivity index (χ4v) is 3.70. The normalized spacial score (nSPS) is 16.8. The molecule has 0 heterocycles. The Kier molecular flexibility index (Phi) is 4.69. The number of nitriles is 1. The van der Waals surface area contributed by atoms with E-state index in [1.165, 1.54) is 0 Å². The zero-order valence-electron chi connectivity index (χ0n) is 10.6. The van der Waals surface area contributed by atoms with Gasteiger partial charge in [-0.15, -0.1) is 0 Å². The lowest BCUT2D eigenvalue weighted by atomic mass is 10.2. The van der Waals surface area contributed by atoms with Gasteiger partial charge in [0.25, 0.3) is 0 Å². The Bertz CT molecular complexity index is 530. The molecule has 1 unspecified atom stereocenters. The third kappa shape index (κ3) is 3.65. The van der Waals surface area contributed by atoms with Crippen molar-refractivity contribution in [3.05, 3.63) is 29.8 Å². The van der Waals surface area contributed by atoms with Gasteiger partial charge in [0, 0.05) is 16.0 Å². The summed E-state index contributed by atoms with van der Waals surface area (Å²) in [5.74, 6) is -0.266. The van der Waals surface area contributed by atoms with E-state index in [1.807, 2.05) is 6.07 Å². The first-order valence-electron chi connectivity index (χ1n) is 6.37. The minimum atomic E-state index is -1.10. The topological polar surface area (TPSA) is 70.0 Å². The first-order valence-corrected chi connectivity index (χ1v) is 7.75. The van der Waals surface area contributed by atoms with E-state index in [0.29, 0.717) is 11.3 Å². The van der Waals surface area contributed by atoms with E-state index in [9.17, 15) is 9.00 Å². The molecule has 1 N–H and O–H groups in total. The number of nitrogens with zero attached hydrogens (tertiary/aromatic N) is 1. The molecular formula is C14H16N2O2S. The van der Waals surface area contributed by atoms with Crippen molar-refractivity contribution >= 4 is 22.4 Å². The quantitative estimate of drug-likeness (QED) is 0.916. The van der Waals surface area contributed by atoms with Gasteiger partial charge in [-0.05, 0) is 25.0 Å². The molecule has 100 valence electrons. The molecule has 0 radical (unpaired) electrons. The van der Waals surface area contributed by atoms with Crippen LogP contribution < -0.4 is 5.32 Å². The lowest BCUT2D eigenvalue weighted by Crippen LogP contribution is -2.25. The molecule has 1 aliphatic rings. The van der Waals surface area contributed by atoms with Crippen LogP contribution in [0.25, 0.3) is 0 Å². The Labute approximate surface area is 115 Å². The smallest absolute Gasteiger partial charge is 0.237 e. The molecule has 0 bridgehead atoms. The molecule has 1 aromatic rings. The average Bonchev–Trinajstić information content (AvgIpc) is 2.93. The zero-order valence-corrected chi connectivity index (χ0v) is 11.4. The molecule has 1 saturated carbocycles. The highest BCUT2D eigenvalue weighted by Gasteiger charge is 2.23. The van der Waals surface area contributed by atoms with Gasteiger partial charge in [0.05, 0.1) is 11.3 Å². The van der Waals surface area contributed by atoms with Crippen LogP contribution >= 0.6 is 0 Å². The van der Waals surface area contributed by atoms with E-state index in [4.69, 9.17) is 5.26 Å². The monoisotopic (exact) mass is 276 g/mol. The fraction of sp³-hybridized carbons (Fsp3) is 0.429. The number of benzene rings is 1. The SMILES string of the molecule is N#Cc1ccccc1NC(=O)CS(=O)C1CCCC1. The summed E-state index contributed by atoms with van der Waals surface area (Å²) >= 11 is 0. The number of hydrogen-bond donors (Lipinski definition) is 1. The van der Waals surface area contributed by atoms with Crippen LogP contribution in [0.4, 0.5) is 5.69 Å². The number of carbonyl (C=O) groups is 1. The summed E-state index contributed by atoms with van der Waals surface area (Å²) in [6.45, 7) is 0. The third-order valence-electron chi connectivity index (χ3n) is 3.27. The maximum atomic E-state index is 12.0. The van der Waals surface area contributed by atoms with Crippen LogP contribution in [0, 0.1) is 11.3 Å². The number of para-hydroxylation sites is 1. The Morgan fingerprint density at radius 1 is 1.37 bits per heavy atom. The highest BCUT2D eigenvalue weighted by molar-refractivity contribution is 7.86. The summed E-state index contributed by atoms with van der Waals surface area (Å²) in [7, 11) is -1.10.